The molecule has 0 aliphatic carbocycles. The van der Waals surface area contributed by atoms with E-state index in [0.29, 0.717) is 0 Å². The van der Waals surface area contributed by atoms with E-state index in [-0.39, 0.29) is 18.3 Å². The molecular weight excluding hydrogens is 635 g/mol. The van der Waals surface area contributed by atoms with Crippen molar-refractivity contribution < 1.29 is 18.1 Å². The van der Waals surface area contributed by atoms with Crippen LogP contribution in [0.2, 0.25) is 0 Å². The number of hydrogen-bond acceptors (Lipinski definition) is 4. The molecular formula is C45H93O4P. The van der Waals surface area contributed by atoms with Crippen LogP contribution in [0, 0.1) is 0 Å². The molecule has 0 N–H and O–H groups in total. The van der Waals surface area contributed by atoms with Crippen LogP contribution in [0.5, 0.6) is 0 Å². The summed E-state index contributed by atoms with van der Waals surface area (Å²) in [5.74, 6) is 0. The first-order chi connectivity index (χ1) is 24.5. The Morgan fingerprint density at radius 2 is 0.440 bits per heavy atom. The third-order valence-corrected chi connectivity index (χ3v) is 12.3. The summed E-state index contributed by atoms with van der Waals surface area (Å²) in [4.78, 5) is 0. The van der Waals surface area contributed by atoms with E-state index in [1.807, 2.05) is 0 Å². The van der Waals surface area contributed by atoms with Crippen molar-refractivity contribution in [3.63, 3.8) is 0 Å². The molecule has 0 aromatic heterocycles. The van der Waals surface area contributed by atoms with Gasteiger partial charge < -0.3 is 0 Å². The first kappa shape index (κ1) is 50.1. The molecule has 0 amide bonds. The molecule has 0 aliphatic rings. The number of hydrogen-bond donors (Lipinski definition) is 0. The Morgan fingerprint density at radius 3 is 0.640 bits per heavy atom. The first-order valence-corrected chi connectivity index (χ1v) is 24.6. The third kappa shape index (κ3) is 32.7. The van der Waals surface area contributed by atoms with E-state index in [1.54, 1.807) is 0 Å². The van der Waals surface area contributed by atoms with Gasteiger partial charge in [-0.25, -0.2) is 4.57 Å². The van der Waals surface area contributed by atoms with E-state index in [4.69, 9.17) is 13.6 Å². The largest absolute Gasteiger partial charge is 0.475 e. The van der Waals surface area contributed by atoms with Crippen molar-refractivity contribution in [2.45, 2.75) is 291 Å². The predicted molar refractivity (Wildman–Crippen MR) is 222 cm³/mol. The molecule has 0 heterocycles. The van der Waals surface area contributed by atoms with Crippen molar-refractivity contribution in [1.29, 1.82) is 0 Å². The smallest absolute Gasteiger partial charge is 0.284 e. The van der Waals surface area contributed by atoms with E-state index in [2.05, 4.69) is 41.5 Å². The molecule has 0 bridgehead atoms. The van der Waals surface area contributed by atoms with Gasteiger partial charge in [-0.3, -0.25) is 13.6 Å². The van der Waals surface area contributed by atoms with Crippen LogP contribution in [0.15, 0.2) is 0 Å². The number of unbranched alkanes of at least 4 members (excludes halogenated alkanes) is 24. The Balaban J connectivity index is 6.05. The Kier molecular flexibility index (Phi) is 38.9. The van der Waals surface area contributed by atoms with Crippen LogP contribution >= 0.6 is 7.82 Å². The van der Waals surface area contributed by atoms with Gasteiger partial charge in [-0.05, 0) is 38.5 Å². The van der Waals surface area contributed by atoms with Crippen LogP contribution in [0.25, 0.3) is 0 Å². The second-order valence-corrected chi connectivity index (χ2v) is 17.4. The van der Waals surface area contributed by atoms with Gasteiger partial charge in [0.15, 0.2) is 0 Å². The molecule has 4 nitrogen and oxygen atoms in total. The number of phosphoric ester groups is 1. The standard InChI is InChI=1S/C45H93O4P/c1-7-13-19-25-28-34-40-43(37-31-22-16-10-4)47-50(46,48-44(38-32-23-17-11-5)41-35-29-26-20-14-8-2)49-45(39-33-24-18-12-6)42-36-30-27-21-15-9-3/h43-45H,7-42H2,1-6H3. The molecule has 0 saturated heterocycles. The minimum atomic E-state index is -3.75. The van der Waals surface area contributed by atoms with Gasteiger partial charge in [-0.2, -0.15) is 0 Å². The maximum atomic E-state index is 15.2. The lowest BCUT2D eigenvalue weighted by Crippen LogP contribution is -2.22. The maximum absolute atomic E-state index is 15.2. The fourth-order valence-electron chi connectivity index (χ4n) is 7.22. The minimum Gasteiger partial charge on any atom is -0.284 e. The van der Waals surface area contributed by atoms with Crippen LogP contribution in [-0.2, 0) is 18.1 Å². The Morgan fingerprint density at radius 1 is 0.280 bits per heavy atom. The van der Waals surface area contributed by atoms with Crippen LogP contribution in [0.1, 0.15) is 273 Å². The molecule has 3 unspecified atom stereocenters. The zero-order valence-corrected chi connectivity index (χ0v) is 36.2. The molecule has 0 aliphatic heterocycles. The molecule has 0 rings (SSSR count). The van der Waals surface area contributed by atoms with E-state index in [0.717, 1.165) is 77.0 Å². The summed E-state index contributed by atoms with van der Waals surface area (Å²) in [5, 5.41) is 0. The lowest BCUT2D eigenvalue weighted by molar-refractivity contribution is 0.0156. The first-order valence-electron chi connectivity index (χ1n) is 23.1. The molecule has 0 spiro atoms. The van der Waals surface area contributed by atoms with Gasteiger partial charge in [0, 0.05) is 0 Å². The zero-order valence-electron chi connectivity index (χ0n) is 35.3. The average molecular weight is 729 g/mol. The summed E-state index contributed by atoms with van der Waals surface area (Å²) < 4.78 is 35.5. The topological polar surface area (TPSA) is 44.8 Å². The van der Waals surface area contributed by atoms with Crippen molar-refractivity contribution in [3.05, 3.63) is 0 Å². The van der Waals surface area contributed by atoms with E-state index >= 15 is 4.57 Å². The van der Waals surface area contributed by atoms with Crippen molar-refractivity contribution in [3.8, 4) is 0 Å². The van der Waals surface area contributed by atoms with Gasteiger partial charge in [0.25, 0.3) is 0 Å². The maximum Gasteiger partial charge on any atom is 0.475 e. The summed E-state index contributed by atoms with van der Waals surface area (Å²) in [6, 6.07) is 0. The van der Waals surface area contributed by atoms with Gasteiger partial charge in [0.05, 0.1) is 18.3 Å². The fraction of sp³-hybridized carbons (Fsp3) is 1.00. The second kappa shape index (κ2) is 38.8. The van der Waals surface area contributed by atoms with E-state index < -0.39 is 7.82 Å². The summed E-state index contributed by atoms with van der Waals surface area (Å²) in [6.07, 6.45) is 42.9. The van der Waals surface area contributed by atoms with Crippen molar-refractivity contribution in [2.75, 3.05) is 0 Å². The van der Waals surface area contributed by atoms with Crippen LogP contribution in [0.4, 0.5) is 0 Å². The van der Waals surface area contributed by atoms with Crippen LogP contribution < -0.4 is 0 Å². The average Bonchev–Trinajstić information content (AvgIpc) is 3.11. The molecule has 0 saturated carbocycles. The number of rotatable bonds is 42. The van der Waals surface area contributed by atoms with Crippen LogP contribution in [-0.4, -0.2) is 18.3 Å². The lowest BCUT2D eigenvalue weighted by atomic mass is 10.0. The van der Waals surface area contributed by atoms with Crippen LogP contribution in [0.3, 0.4) is 0 Å². The summed E-state index contributed by atoms with van der Waals surface area (Å²) >= 11 is 0. The van der Waals surface area contributed by atoms with Crippen molar-refractivity contribution in [2.24, 2.45) is 0 Å². The second-order valence-electron chi connectivity index (χ2n) is 15.8. The highest BCUT2D eigenvalue weighted by molar-refractivity contribution is 7.48. The molecule has 0 aromatic carbocycles. The highest BCUT2D eigenvalue weighted by Gasteiger charge is 2.36. The van der Waals surface area contributed by atoms with Gasteiger partial charge >= 0.3 is 7.82 Å². The van der Waals surface area contributed by atoms with Gasteiger partial charge in [-0.15, -0.1) is 0 Å². The normalized spacial score (nSPS) is 14.9. The summed E-state index contributed by atoms with van der Waals surface area (Å²) in [7, 11) is -3.75. The van der Waals surface area contributed by atoms with Gasteiger partial charge in [0.1, 0.15) is 0 Å². The zero-order chi connectivity index (χ0) is 36.8. The van der Waals surface area contributed by atoms with Gasteiger partial charge in [-0.1, -0.05) is 234 Å². The minimum absolute atomic E-state index is 0.0477. The molecule has 3 atom stereocenters. The van der Waals surface area contributed by atoms with Gasteiger partial charge in [0.2, 0.25) is 0 Å². The van der Waals surface area contributed by atoms with Crippen molar-refractivity contribution >= 4 is 7.82 Å². The number of phosphoric acid groups is 1. The molecule has 0 radical (unpaired) electrons. The fourth-order valence-corrected chi connectivity index (χ4v) is 9.10. The molecule has 50 heavy (non-hydrogen) atoms. The molecule has 302 valence electrons. The van der Waals surface area contributed by atoms with E-state index in [9.17, 15) is 0 Å². The Labute approximate surface area is 316 Å². The monoisotopic (exact) mass is 729 g/mol. The SMILES string of the molecule is CCCCCCCCC(CCCCCC)OP(=O)(OC(CCCCCC)CCCCCCCC)OC(CCCCCC)CCCCCCCC. The summed E-state index contributed by atoms with van der Waals surface area (Å²) in [5.41, 5.74) is 0. The highest BCUT2D eigenvalue weighted by Crippen LogP contribution is 2.55. The molecule has 0 aromatic rings. The molecule has 0 fully saturated rings. The molecule has 5 heteroatoms. The van der Waals surface area contributed by atoms with Crippen molar-refractivity contribution in [1.82, 2.24) is 0 Å². The summed E-state index contributed by atoms with van der Waals surface area (Å²) in [6.45, 7) is 13.7. The lowest BCUT2D eigenvalue weighted by Gasteiger charge is -2.31. The predicted octanol–water partition coefficient (Wildman–Crippen LogP) is 17.4. The van der Waals surface area contributed by atoms with E-state index in [1.165, 1.54) is 154 Å². The third-order valence-electron chi connectivity index (χ3n) is 10.6. The Hall–Kier alpha value is 0.110. The highest BCUT2D eigenvalue weighted by atomic mass is 31.2. The quantitative estimate of drug-likeness (QED) is 0.0464. The Bertz CT molecular complexity index is 610.